The molecule has 0 aliphatic carbocycles. The normalized spacial score (nSPS) is 17.9. The predicted molar refractivity (Wildman–Crippen MR) is 75.1 cm³/mol. The van der Waals surface area contributed by atoms with Crippen LogP contribution in [0, 0.1) is 0 Å². The molecule has 0 atom stereocenters. The molecule has 0 bridgehead atoms. The molecule has 0 amide bonds. The van der Waals surface area contributed by atoms with Crippen LogP contribution in [0.15, 0.2) is 22.7 Å². The molecule has 0 radical (unpaired) electrons. The molecule has 0 N–H and O–H groups in total. The predicted octanol–water partition coefficient (Wildman–Crippen LogP) is 3.61. The Morgan fingerprint density at radius 2 is 2.11 bits per heavy atom. The van der Waals surface area contributed by atoms with Crippen LogP contribution < -0.4 is 4.74 Å². The van der Waals surface area contributed by atoms with Gasteiger partial charge >= 0.3 is 0 Å². The Labute approximate surface area is 116 Å². The molecule has 0 unspecified atom stereocenters. The summed E-state index contributed by atoms with van der Waals surface area (Å²) in [6.45, 7) is 1.92. The lowest BCUT2D eigenvalue weighted by Crippen LogP contribution is -2.29. The van der Waals surface area contributed by atoms with Crippen molar-refractivity contribution >= 4 is 15.9 Å². The highest BCUT2D eigenvalue weighted by atomic mass is 79.9. The molecule has 0 saturated carbocycles. The molecule has 1 aliphatic rings. The van der Waals surface area contributed by atoms with E-state index in [1.807, 2.05) is 12.1 Å². The van der Waals surface area contributed by atoms with Gasteiger partial charge in [-0.15, -0.1) is 0 Å². The topological polar surface area (TPSA) is 12.5 Å². The van der Waals surface area contributed by atoms with Crippen molar-refractivity contribution in [2.75, 3.05) is 33.4 Å². The zero-order chi connectivity index (χ0) is 13.0. The van der Waals surface area contributed by atoms with Gasteiger partial charge in [-0.1, -0.05) is 22.0 Å². The van der Waals surface area contributed by atoms with Gasteiger partial charge in [0.05, 0.1) is 0 Å². The van der Waals surface area contributed by atoms with Crippen molar-refractivity contribution in [2.24, 2.45) is 0 Å². The van der Waals surface area contributed by atoms with Crippen LogP contribution >= 0.6 is 15.9 Å². The molecule has 1 fully saturated rings. The van der Waals surface area contributed by atoms with Gasteiger partial charge in [0.25, 0.3) is 0 Å². The summed E-state index contributed by atoms with van der Waals surface area (Å²) in [5.41, 5.74) is 1.22. The number of ether oxygens (including phenoxy) is 1. The Balaban J connectivity index is 2.15. The smallest absolute Gasteiger partial charge is 0.124 e. The van der Waals surface area contributed by atoms with Gasteiger partial charge in [-0.3, -0.25) is 0 Å². The van der Waals surface area contributed by atoms with Gasteiger partial charge in [-0.25, -0.2) is 4.39 Å². The van der Waals surface area contributed by atoms with Crippen LogP contribution in [-0.4, -0.2) is 38.3 Å². The minimum Gasteiger partial charge on any atom is -0.491 e. The molecule has 2 rings (SSSR count). The summed E-state index contributed by atoms with van der Waals surface area (Å²) in [4.78, 5) is 2.34. The van der Waals surface area contributed by atoms with E-state index >= 15 is 0 Å². The molecule has 1 saturated heterocycles. The molecule has 100 valence electrons. The molecule has 1 aliphatic heterocycles. The van der Waals surface area contributed by atoms with Gasteiger partial charge in [0.15, 0.2) is 0 Å². The van der Waals surface area contributed by atoms with Crippen LogP contribution in [0.4, 0.5) is 4.39 Å². The molecule has 1 heterocycles. The Kier molecular flexibility index (Phi) is 5.01. The third kappa shape index (κ3) is 3.45. The van der Waals surface area contributed by atoms with E-state index in [0.717, 1.165) is 36.2 Å². The summed E-state index contributed by atoms with van der Waals surface area (Å²) in [6, 6.07) is 6.09. The van der Waals surface area contributed by atoms with E-state index in [1.165, 1.54) is 5.56 Å². The number of alkyl halides is 1. The molecule has 1 aromatic rings. The number of likely N-dealkylation sites (tertiary alicyclic amines) is 1. The Hall–Kier alpha value is -0.610. The highest BCUT2D eigenvalue weighted by molar-refractivity contribution is 9.10. The van der Waals surface area contributed by atoms with Gasteiger partial charge in [0, 0.05) is 4.47 Å². The van der Waals surface area contributed by atoms with Gasteiger partial charge in [-0.2, -0.15) is 0 Å². The fourth-order valence-electron chi connectivity index (χ4n) is 2.44. The van der Waals surface area contributed by atoms with E-state index in [0.29, 0.717) is 5.92 Å². The molecule has 0 aromatic heterocycles. The fraction of sp³-hybridized carbons (Fsp3) is 0.571. The largest absolute Gasteiger partial charge is 0.491 e. The summed E-state index contributed by atoms with van der Waals surface area (Å²) in [5, 5.41) is 0. The lowest BCUT2D eigenvalue weighted by molar-refractivity contribution is 0.243. The molecule has 2 nitrogen and oxygen atoms in total. The average molecular weight is 316 g/mol. The molecule has 0 spiro atoms. The molecular formula is C14H19BrFNO. The molecule has 4 heteroatoms. The minimum atomic E-state index is -0.445. The summed E-state index contributed by atoms with van der Waals surface area (Å²) >= 11 is 3.44. The van der Waals surface area contributed by atoms with Crippen molar-refractivity contribution in [1.29, 1.82) is 0 Å². The molecule has 1 aromatic carbocycles. The minimum absolute atomic E-state index is 0.135. The first kappa shape index (κ1) is 13.8. The van der Waals surface area contributed by atoms with E-state index in [-0.39, 0.29) is 6.61 Å². The fourth-order valence-corrected chi connectivity index (χ4v) is 2.78. The number of rotatable bonds is 4. The number of benzene rings is 1. The Morgan fingerprint density at radius 3 is 2.78 bits per heavy atom. The third-order valence-corrected chi connectivity index (χ3v) is 3.96. The Morgan fingerprint density at radius 1 is 1.39 bits per heavy atom. The van der Waals surface area contributed by atoms with E-state index in [2.05, 4.69) is 33.9 Å². The maximum absolute atomic E-state index is 12.3. The summed E-state index contributed by atoms with van der Waals surface area (Å²) in [7, 11) is 2.15. The van der Waals surface area contributed by atoms with Crippen molar-refractivity contribution in [1.82, 2.24) is 4.90 Å². The van der Waals surface area contributed by atoms with Gasteiger partial charge in [0.1, 0.15) is 19.0 Å². The number of nitrogens with zero attached hydrogens (tertiary/aromatic N) is 1. The summed E-state index contributed by atoms with van der Waals surface area (Å²) in [6.07, 6.45) is 2.29. The Bertz CT molecular complexity index is 391. The van der Waals surface area contributed by atoms with Crippen LogP contribution in [0.1, 0.15) is 24.3 Å². The monoisotopic (exact) mass is 315 g/mol. The van der Waals surface area contributed by atoms with Gasteiger partial charge in [-0.05, 0) is 56.6 Å². The number of hydrogen-bond acceptors (Lipinski definition) is 2. The number of piperidine rings is 1. The van der Waals surface area contributed by atoms with E-state index in [1.54, 1.807) is 0 Å². The maximum Gasteiger partial charge on any atom is 0.124 e. The summed E-state index contributed by atoms with van der Waals surface area (Å²) < 4.78 is 18.8. The van der Waals surface area contributed by atoms with E-state index in [4.69, 9.17) is 4.74 Å². The second kappa shape index (κ2) is 6.53. The number of hydrogen-bond donors (Lipinski definition) is 0. The van der Waals surface area contributed by atoms with Crippen molar-refractivity contribution < 1.29 is 9.13 Å². The van der Waals surface area contributed by atoms with Crippen LogP contribution in [0.2, 0.25) is 0 Å². The van der Waals surface area contributed by atoms with Crippen LogP contribution in [0.3, 0.4) is 0 Å². The van der Waals surface area contributed by atoms with Crippen molar-refractivity contribution in [3.05, 3.63) is 28.2 Å². The van der Waals surface area contributed by atoms with Gasteiger partial charge in [0.2, 0.25) is 0 Å². The highest BCUT2D eigenvalue weighted by Gasteiger charge is 2.21. The highest BCUT2D eigenvalue weighted by Crippen LogP contribution is 2.35. The van der Waals surface area contributed by atoms with Crippen LogP contribution in [-0.2, 0) is 0 Å². The first-order chi connectivity index (χ1) is 8.70. The van der Waals surface area contributed by atoms with Crippen molar-refractivity contribution in [2.45, 2.75) is 18.8 Å². The second-order valence-electron chi connectivity index (χ2n) is 4.80. The zero-order valence-corrected chi connectivity index (χ0v) is 12.2. The van der Waals surface area contributed by atoms with Crippen molar-refractivity contribution in [3.8, 4) is 5.75 Å². The quantitative estimate of drug-likeness (QED) is 0.841. The molecular weight excluding hydrogens is 297 g/mol. The SMILES string of the molecule is CN1CCC(c2ccc(Br)cc2OCCF)CC1. The summed E-state index contributed by atoms with van der Waals surface area (Å²) in [5.74, 6) is 1.36. The first-order valence-corrected chi connectivity index (χ1v) is 7.16. The van der Waals surface area contributed by atoms with E-state index in [9.17, 15) is 4.39 Å². The zero-order valence-electron chi connectivity index (χ0n) is 10.7. The average Bonchev–Trinajstić information content (AvgIpc) is 2.38. The standard InChI is InChI=1S/C14H19BrFNO/c1-17-7-4-11(5-8-17)13-3-2-12(15)10-14(13)18-9-6-16/h2-3,10-11H,4-9H2,1H3. The third-order valence-electron chi connectivity index (χ3n) is 3.47. The maximum atomic E-state index is 12.3. The number of halogens is 2. The molecule has 18 heavy (non-hydrogen) atoms. The lowest BCUT2D eigenvalue weighted by Gasteiger charge is -2.30. The van der Waals surface area contributed by atoms with E-state index < -0.39 is 6.67 Å². The van der Waals surface area contributed by atoms with Gasteiger partial charge < -0.3 is 9.64 Å². The lowest BCUT2D eigenvalue weighted by atomic mass is 9.89. The van der Waals surface area contributed by atoms with Crippen LogP contribution in [0.5, 0.6) is 5.75 Å². The van der Waals surface area contributed by atoms with Crippen LogP contribution in [0.25, 0.3) is 0 Å². The second-order valence-corrected chi connectivity index (χ2v) is 5.71. The first-order valence-electron chi connectivity index (χ1n) is 6.37. The van der Waals surface area contributed by atoms with Crippen molar-refractivity contribution in [3.63, 3.8) is 0 Å².